The molecule has 4 amide bonds. The van der Waals surface area contributed by atoms with Gasteiger partial charge in [-0.2, -0.15) is 0 Å². The average molecular weight is 780 g/mol. The van der Waals surface area contributed by atoms with Crippen molar-refractivity contribution in [2.45, 2.75) is 127 Å². The van der Waals surface area contributed by atoms with E-state index in [4.69, 9.17) is 9.47 Å². The van der Waals surface area contributed by atoms with Crippen LogP contribution in [0.25, 0.3) is 10.8 Å². The molecule has 1 aromatic heterocycles. The quantitative estimate of drug-likeness (QED) is 0.352. The van der Waals surface area contributed by atoms with Crippen molar-refractivity contribution in [1.29, 1.82) is 0 Å². The molecule has 55 heavy (non-hydrogen) atoms. The number of allylic oxidation sites excluding steroid dienone is 1. The Labute approximate surface area is 322 Å². The molecular weight excluding hydrogens is 727 g/mol. The van der Waals surface area contributed by atoms with Gasteiger partial charge in [-0.3, -0.25) is 24.0 Å². The van der Waals surface area contributed by atoms with Crippen LogP contribution in [0, 0.1) is 17.8 Å². The predicted molar refractivity (Wildman–Crippen MR) is 204 cm³/mol. The maximum atomic E-state index is 15.1. The van der Waals surface area contributed by atoms with Gasteiger partial charge in [-0.1, -0.05) is 32.1 Å². The number of ether oxygens (including phenoxy) is 2. The van der Waals surface area contributed by atoms with Crippen LogP contribution in [0.3, 0.4) is 0 Å². The zero-order valence-electron chi connectivity index (χ0n) is 32.5. The van der Waals surface area contributed by atoms with E-state index in [1.807, 2.05) is 37.3 Å². The maximum Gasteiger partial charge on any atom is 0.408 e. The first-order valence-electron chi connectivity index (χ1n) is 19.4. The Kier molecular flexibility index (Phi) is 9.86. The highest BCUT2D eigenvalue weighted by atomic mass is 32.2. The second-order valence-electron chi connectivity index (χ2n) is 17.6. The Hall–Kier alpha value is -4.40. The minimum atomic E-state index is -4.01. The minimum absolute atomic E-state index is 0.0196. The highest BCUT2D eigenvalue weighted by Crippen LogP contribution is 2.48. The number of hydrogen-bond donors (Lipinski definition) is 3. The largest absolute Gasteiger partial charge is 0.492 e. The van der Waals surface area contributed by atoms with Crippen LogP contribution < -0.4 is 19.5 Å². The summed E-state index contributed by atoms with van der Waals surface area (Å²) in [6, 6.07) is 3.45. The van der Waals surface area contributed by atoms with Crippen molar-refractivity contribution >= 4 is 44.6 Å². The smallest absolute Gasteiger partial charge is 0.408 e. The summed E-state index contributed by atoms with van der Waals surface area (Å²) in [5.41, 5.74) is -1.43. The van der Waals surface area contributed by atoms with Gasteiger partial charge in [0.2, 0.25) is 27.7 Å². The lowest BCUT2D eigenvalue weighted by Gasteiger charge is -2.43. The number of sulfonamides is 1. The Balaban J connectivity index is 1.26. The molecule has 15 heteroatoms. The summed E-state index contributed by atoms with van der Waals surface area (Å²) in [5, 5.41) is 15.0. The van der Waals surface area contributed by atoms with Gasteiger partial charge >= 0.3 is 6.09 Å². The van der Waals surface area contributed by atoms with Crippen LogP contribution in [0.5, 0.6) is 11.6 Å². The molecule has 1 aromatic carbocycles. The zero-order chi connectivity index (χ0) is 39.7. The van der Waals surface area contributed by atoms with Crippen molar-refractivity contribution in [3.05, 3.63) is 42.1 Å². The lowest BCUT2D eigenvalue weighted by molar-refractivity contribution is -0.146. The van der Waals surface area contributed by atoms with E-state index in [9.17, 15) is 27.9 Å². The van der Waals surface area contributed by atoms with Crippen molar-refractivity contribution in [3.8, 4) is 11.6 Å². The van der Waals surface area contributed by atoms with E-state index in [-0.39, 0.29) is 25.3 Å². The SMILES string of the molecule is C[C@H]1CC/C=C\[C@@H]2C[C@@]2(C(=O)NS(=O)(=O)C2(C)CC2)NC(=O)[C@@H]2C[C@@H](Oc3nccc4c5c(ccc34)CCO5)CN2C(=O)[C@@H](N(C(=O)O)C(C)(C)C)[C@H](C)C1. The number of amides is 4. The normalized spacial score (nSPS) is 31.1. The third kappa shape index (κ3) is 7.24. The van der Waals surface area contributed by atoms with Crippen LogP contribution in [0.4, 0.5) is 4.79 Å². The van der Waals surface area contributed by atoms with Gasteiger partial charge < -0.3 is 24.8 Å². The first-order chi connectivity index (χ1) is 25.8. The predicted octanol–water partition coefficient (Wildman–Crippen LogP) is 4.55. The molecule has 3 fully saturated rings. The second-order valence-corrected chi connectivity index (χ2v) is 19.8. The molecule has 2 aliphatic carbocycles. The number of aromatic nitrogens is 1. The van der Waals surface area contributed by atoms with E-state index < -0.39 is 79.7 Å². The Morgan fingerprint density at radius 1 is 1.13 bits per heavy atom. The van der Waals surface area contributed by atoms with Gasteiger partial charge in [0.25, 0.3) is 5.91 Å². The van der Waals surface area contributed by atoms with Gasteiger partial charge in [-0.05, 0) is 95.8 Å². The van der Waals surface area contributed by atoms with E-state index in [0.29, 0.717) is 43.6 Å². The average Bonchev–Trinajstić information content (AvgIpc) is 3.88. The molecule has 0 bridgehead atoms. The van der Waals surface area contributed by atoms with Crippen LogP contribution in [0.15, 0.2) is 36.5 Å². The molecule has 298 valence electrons. The molecule has 2 aromatic rings. The van der Waals surface area contributed by atoms with Gasteiger partial charge in [-0.15, -0.1) is 0 Å². The number of nitrogens with one attached hydrogen (secondary N) is 2. The third-order valence-electron chi connectivity index (χ3n) is 12.2. The number of benzene rings is 1. The van der Waals surface area contributed by atoms with Crippen molar-refractivity contribution in [2.75, 3.05) is 13.2 Å². The van der Waals surface area contributed by atoms with Gasteiger partial charge in [0.05, 0.1) is 17.9 Å². The van der Waals surface area contributed by atoms with Gasteiger partial charge in [0.1, 0.15) is 29.5 Å². The molecule has 4 heterocycles. The maximum absolute atomic E-state index is 15.1. The molecule has 0 unspecified atom stereocenters. The lowest BCUT2D eigenvalue weighted by atomic mass is 9.85. The number of carboxylic acid groups (broad SMARTS) is 1. The molecular formula is C40H53N5O9S. The van der Waals surface area contributed by atoms with Gasteiger partial charge in [0.15, 0.2) is 0 Å². The first kappa shape index (κ1) is 38.9. The van der Waals surface area contributed by atoms with Crippen LogP contribution in [-0.4, -0.2) is 99.3 Å². The summed E-state index contributed by atoms with van der Waals surface area (Å²) in [5.74, 6) is -1.69. The highest BCUT2D eigenvalue weighted by Gasteiger charge is 2.63. The molecule has 7 rings (SSSR count). The summed E-state index contributed by atoms with van der Waals surface area (Å²) in [6.07, 6.45) is 7.26. The topological polar surface area (TPSA) is 185 Å². The van der Waals surface area contributed by atoms with Crippen molar-refractivity contribution < 1.29 is 42.2 Å². The van der Waals surface area contributed by atoms with Crippen LogP contribution in [0.1, 0.15) is 92.1 Å². The van der Waals surface area contributed by atoms with E-state index in [0.717, 1.165) is 29.5 Å². The Bertz CT molecular complexity index is 2040. The number of carbonyl (C=O) groups excluding carboxylic acids is 3. The fourth-order valence-corrected chi connectivity index (χ4v) is 10.0. The van der Waals surface area contributed by atoms with E-state index in [2.05, 4.69) is 21.9 Å². The molecule has 1 saturated heterocycles. The zero-order valence-corrected chi connectivity index (χ0v) is 33.3. The molecule has 0 radical (unpaired) electrons. The van der Waals surface area contributed by atoms with Crippen LogP contribution in [-0.2, 0) is 30.8 Å². The minimum Gasteiger partial charge on any atom is -0.492 e. The third-order valence-corrected chi connectivity index (χ3v) is 14.4. The monoisotopic (exact) mass is 779 g/mol. The van der Waals surface area contributed by atoms with E-state index in [1.54, 1.807) is 33.9 Å². The Morgan fingerprint density at radius 3 is 2.56 bits per heavy atom. The molecule has 0 spiro atoms. The number of carbonyl (C=O) groups is 4. The summed E-state index contributed by atoms with van der Waals surface area (Å²) in [7, 11) is -4.01. The summed E-state index contributed by atoms with van der Waals surface area (Å²) < 4.78 is 40.1. The molecule has 7 atom stereocenters. The fourth-order valence-electron chi connectivity index (χ4n) is 8.69. The molecule has 3 aliphatic heterocycles. The standard InChI is InChI=1S/C40H53N5O9S/c1-23-9-7-8-10-26-21-40(26,36(48)43-55(51,52)39(6)15-16-39)42-33(46)30-20-27(54-34-29-12-11-25-14-18-53-32(25)28(29)13-17-41-34)22-44(30)35(47)31(24(2)19-23)45(37(49)50)38(3,4)5/h8,10-13,17,23-24,26-27,30-31H,7,9,14-16,18-22H2,1-6H3,(H,42,46)(H,43,48)(H,49,50)/b10-8-/t23-,24+,26+,27+,30-,31-,40+/m0/s1. The van der Waals surface area contributed by atoms with E-state index in [1.165, 1.54) is 9.80 Å². The van der Waals surface area contributed by atoms with Gasteiger partial charge in [0, 0.05) is 41.3 Å². The highest BCUT2D eigenvalue weighted by molar-refractivity contribution is 7.91. The van der Waals surface area contributed by atoms with E-state index >= 15 is 4.79 Å². The number of hydrogen-bond acceptors (Lipinski definition) is 9. The number of fused-ring (bicyclic) bond motifs is 5. The van der Waals surface area contributed by atoms with Crippen molar-refractivity contribution in [3.63, 3.8) is 0 Å². The van der Waals surface area contributed by atoms with Crippen LogP contribution in [0.2, 0.25) is 0 Å². The van der Waals surface area contributed by atoms with Crippen LogP contribution >= 0.6 is 0 Å². The van der Waals surface area contributed by atoms with Crippen molar-refractivity contribution in [2.24, 2.45) is 17.8 Å². The Morgan fingerprint density at radius 2 is 1.87 bits per heavy atom. The fraction of sp³-hybridized carbons (Fsp3) is 0.625. The molecule has 2 saturated carbocycles. The molecule has 14 nitrogen and oxygen atoms in total. The van der Waals surface area contributed by atoms with Crippen molar-refractivity contribution in [1.82, 2.24) is 24.8 Å². The summed E-state index contributed by atoms with van der Waals surface area (Å²) >= 11 is 0. The number of nitrogens with zero attached hydrogens (tertiary/aromatic N) is 3. The number of pyridine rings is 1. The van der Waals surface area contributed by atoms with Gasteiger partial charge in [-0.25, -0.2) is 18.2 Å². The summed E-state index contributed by atoms with van der Waals surface area (Å²) in [4.78, 5) is 63.7. The lowest BCUT2D eigenvalue weighted by Crippen LogP contribution is -2.62. The second kappa shape index (κ2) is 14.0. The molecule has 5 aliphatic rings. The molecule has 3 N–H and O–H groups in total. The summed E-state index contributed by atoms with van der Waals surface area (Å²) in [6.45, 7) is 11.3. The first-order valence-corrected chi connectivity index (χ1v) is 20.9. The number of rotatable bonds is 6.